The number of nitrogens with zero attached hydrogens (tertiary/aromatic N) is 2. The SMILES string of the molecule is CCc1cnccc1CNC1=NCCCN1.I. The third kappa shape index (κ3) is 4.14. The summed E-state index contributed by atoms with van der Waals surface area (Å²) in [4.78, 5) is 8.52. The van der Waals surface area contributed by atoms with Crippen molar-refractivity contribution in [3.05, 3.63) is 29.6 Å². The molecule has 0 atom stereocenters. The molecule has 94 valence electrons. The molecule has 2 heterocycles. The molecule has 1 aromatic rings. The lowest BCUT2D eigenvalue weighted by Gasteiger charge is -2.16. The number of nitrogens with one attached hydrogen (secondary N) is 2. The standard InChI is InChI=1S/C12H18N4.HI/c1-2-10-8-13-7-4-11(10)9-16-12-14-5-3-6-15-12;/h4,7-8H,2-3,5-6,9H2,1H3,(H2,14,15,16);1H. The second-order valence-electron chi connectivity index (χ2n) is 3.86. The normalized spacial score (nSPS) is 14.3. The maximum atomic E-state index is 4.38. The number of hydrogen-bond acceptors (Lipinski definition) is 4. The van der Waals surface area contributed by atoms with E-state index in [9.17, 15) is 0 Å². The summed E-state index contributed by atoms with van der Waals surface area (Å²) in [5, 5.41) is 6.57. The van der Waals surface area contributed by atoms with Gasteiger partial charge in [0.15, 0.2) is 5.96 Å². The van der Waals surface area contributed by atoms with Gasteiger partial charge in [-0.2, -0.15) is 0 Å². The molecule has 2 N–H and O–H groups in total. The molecule has 17 heavy (non-hydrogen) atoms. The van der Waals surface area contributed by atoms with Crippen molar-refractivity contribution in [3.8, 4) is 0 Å². The van der Waals surface area contributed by atoms with Crippen LogP contribution in [0.4, 0.5) is 0 Å². The number of pyridine rings is 1. The van der Waals surface area contributed by atoms with Gasteiger partial charge in [-0.05, 0) is 30.0 Å². The molecule has 0 aromatic carbocycles. The maximum Gasteiger partial charge on any atom is 0.191 e. The molecule has 1 aliphatic rings. The third-order valence-electron chi connectivity index (χ3n) is 2.73. The van der Waals surface area contributed by atoms with Gasteiger partial charge < -0.3 is 10.6 Å². The van der Waals surface area contributed by atoms with Gasteiger partial charge in [0.25, 0.3) is 0 Å². The van der Waals surface area contributed by atoms with Crippen LogP contribution < -0.4 is 10.6 Å². The predicted molar refractivity (Wildman–Crippen MR) is 80.8 cm³/mol. The van der Waals surface area contributed by atoms with E-state index in [4.69, 9.17) is 0 Å². The molecule has 2 rings (SSSR count). The van der Waals surface area contributed by atoms with E-state index in [0.717, 1.165) is 38.4 Å². The van der Waals surface area contributed by atoms with E-state index in [0.29, 0.717) is 0 Å². The van der Waals surface area contributed by atoms with E-state index >= 15 is 0 Å². The van der Waals surface area contributed by atoms with Crippen LogP contribution in [0.5, 0.6) is 0 Å². The Kier molecular flexibility index (Phi) is 6.25. The summed E-state index contributed by atoms with van der Waals surface area (Å²) in [5.74, 6) is 0.921. The van der Waals surface area contributed by atoms with Gasteiger partial charge in [-0.3, -0.25) is 9.98 Å². The first-order chi connectivity index (χ1) is 7.90. The van der Waals surface area contributed by atoms with Gasteiger partial charge in [0.2, 0.25) is 0 Å². The zero-order valence-electron chi connectivity index (χ0n) is 10.1. The van der Waals surface area contributed by atoms with Crippen LogP contribution in [0.1, 0.15) is 24.5 Å². The summed E-state index contributed by atoms with van der Waals surface area (Å²) in [6.45, 7) is 4.91. The van der Waals surface area contributed by atoms with Crippen LogP contribution in [-0.4, -0.2) is 24.0 Å². The van der Waals surface area contributed by atoms with Gasteiger partial charge in [0, 0.05) is 32.0 Å². The molecule has 0 aliphatic carbocycles. The zero-order chi connectivity index (χ0) is 11.2. The average Bonchev–Trinajstić information content (AvgIpc) is 2.38. The van der Waals surface area contributed by atoms with Crippen molar-refractivity contribution >= 4 is 29.9 Å². The number of aromatic nitrogens is 1. The van der Waals surface area contributed by atoms with Crippen LogP contribution in [0.25, 0.3) is 0 Å². The number of halogens is 1. The second-order valence-corrected chi connectivity index (χ2v) is 3.86. The van der Waals surface area contributed by atoms with Crippen molar-refractivity contribution in [2.75, 3.05) is 13.1 Å². The highest BCUT2D eigenvalue weighted by Gasteiger charge is 2.04. The zero-order valence-corrected chi connectivity index (χ0v) is 12.4. The van der Waals surface area contributed by atoms with Crippen molar-refractivity contribution in [2.24, 2.45) is 4.99 Å². The lowest BCUT2D eigenvalue weighted by molar-refractivity contribution is 0.700. The number of rotatable bonds is 3. The second kappa shape index (κ2) is 7.47. The van der Waals surface area contributed by atoms with Crippen LogP contribution in [0, 0.1) is 0 Å². The molecule has 0 fully saturated rings. The summed E-state index contributed by atoms with van der Waals surface area (Å²) in [6, 6.07) is 2.06. The number of guanidine groups is 1. The van der Waals surface area contributed by atoms with Crippen molar-refractivity contribution < 1.29 is 0 Å². The lowest BCUT2D eigenvalue weighted by atomic mass is 10.1. The highest BCUT2D eigenvalue weighted by Crippen LogP contribution is 2.07. The Bertz CT molecular complexity index is 379. The van der Waals surface area contributed by atoms with E-state index in [1.807, 2.05) is 12.4 Å². The van der Waals surface area contributed by atoms with Gasteiger partial charge in [-0.25, -0.2) is 0 Å². The van der Waals surface area contributed by atoms with E-state index in [1.165, 1.54) is 11.1 Å². The summed E-state index contributed by atoms with van der Waals surface area (Å²) in [6.07, 6.45) is 5.92. The Labute approximate surface area is 119 Å². The largest absolute Gasteiger partial charge is 0.356 e. The van der Waals surface area contributed by atoms with Crippen molar-refractivity contribution in [3.63, 3.8) is 0 Å². The quantitative estimate of drug-likeness (QED) is 0.820. The van der Waals surface area contributed by atoms with Crippen LogP contribution in [0.2, 0.25) is 0 Å². The molecular weight excluding hydrogens is 327 g/mol. The Morgan fingerprint density at radius 2 is 2.29 bits per heavy atom. The Morgan fingerprint density at radius 3 is 3.00 bits per heavy atom. The lowest BCUT2D eigenvalue weighted by Crippen LogP contribution is -2.40. The third-order valence-corrected chi connectivity index (χ3v) is 2.73. The Balaban J connectivity index is 0.00000144. The minimum absolute atomic E-state index is 0. The average molecular weight is 346 g/mol. The first-order valence-electron chi connectivity index (χ1n) is 5.84. The summed E-state index contributed by atoms with van der Waals surface area (Å²) < 4.78 is 0. The smallest absolute Gasteiger partial charge is 0.191 e. The number of hydrogen-bond donors (Lipinski definition) is 2. The van der Waals surface area contributed by atoms with E-state index in [-0.39, 0.29) is 24.0 Å². The van der Waals surface area contributed by atoms with Crippen molar-refractivity contribution in [2.45, 2.75) is 26.3 Å². The molecular formula is C12H19IN4. The van der Waals surface area contributed by atoms with Crippen LogP contribution in [0.3, 0.4) is 0 Å². The molecule has 0 saturated heterocycles. The number of aliphatic imine (C=N–C) groups is 1. The van der Waals surface area contributed by atoms with E-state index < -0.39 is 0 Å². The Hall–Kier alpha value is -0.850. The number of aryl methyl sites for hydroxylation is 1. The van der Waals surface area contributed by atoms with Gasteiger partial charge in [0.05, 0.1) is 0 Å². The molecule has 0 amide bonds. The molecule has 0 saturated carbocycles. The molecule has 1 aromatic heterocycles. The van der Waals surface area contributed by atoms with Crippen LogP contribution in [0.15, 0.2) is 23.5 Å². The molecule has 0 radical (unpaired) electrons. The molecule has 1 aliphatic heterocycles. The van der Waals surface area contributed by atoms with Gasteiger partial charge in [-0.15, -0.1) is 24.0 Å². The highest BCUT2D eigenvalue weighted by atomic mass is 127. The molecule has 5 heteroatoms. The van der Waals surface area contributed by atoms with E-state index in [2.05, 4.69) is 33.6 Å². The van der Waals surface area contributed by atoms with Crippen molar-refractivity contribution in [1.29, 1.82) is 0 Å². The van der Waals surface area contributed by atoms with Gasteiger partial charge >= 0.3 is 0 Å². The highest BCUT2D eigenvalue weighted by molar-refractivity contribution is 14.0. The predicted octanol–water partition coefficient (Wildman–Crippen LogP) is 1.70. The Morgan fingerprint density at radius 1 is 1.41 bits per heavy atom. The fourth-order valence-corrected chi connectivity index (χ4v) is 1.78. The topological polar surface area (TPSA) is 49.3 Å². The fraction of sp³-hybridized carbons (Fsp3) is 0.500. The summed E-state index contributed by atoms with van der Waals surface area (Å²) in [5.41, 5.74) is 2.60. The monoisotopic (exact) mass is 346 g/mol. The first-order valence-corrected chi connectivity index (χ1v) is 5.84. The molecule has 0 unspecified atom stereocenters. The van der Waals surface area contributed by atoms with E-state index in [1.54, 1.807) is 0 Å². The fourth-order valence-electron chi connectivity index (χ4n) is 1.78. The molecule has 0 bridgehead atoms. The molecule has 4 nitrogen and oxygen atoms in total. The summed E-state index contributed by atoms with van der Waals surface area (Å²) in [7, 11) is 0. The maximum absolute atomic E-state index is 4.38. The summed E-state index contributed by atoms with van der Waals surface area (Å²) >= 11 is 0. The molecule has 0 spiro atoms. The van der Waals surface area contributed by atoms with Crippen LogP contribution in [-0.2, 0) is 13.0 Å². The van der Waals surface area contributed by atoms with Gasteiger partial charge in [0.1, 0.15) is 0 Å². The minimum Gasteiger partial charge on any atom is -0.356 e. The van der Waals surface area contributed by atoms with Crippen molar-refractivity contribution in [1.82, 2.24) is 15.6 Å². The first kappa shape index (κ1) is 14.2. The minimum atomic E-state index is 0. The van der Waals surface area contributed by atoms with Gasteiger partial charge in [-0.1, -0.05) is 6.92 Å². The van der Waals surface area contributed by atoms with Crippen LogP contribution >= 0.6 is 24.0 Å².